The largest absolute Gasteiger partial charge is 0.453 e. The second-order valence-corrected chi connectivity index (χ2v) is 14.3. The lowest BCUT2D eigenvalue weighted by molar-refractivity contribution is -0.137. The van der Waals surface area contributed by atoms with Crippen LogP contribution in [0.3, 0.4) is 0 Å². The molecule has 16 nitrogen and oxygen atoms in total. The van der Waals surface area contributed by atoms with Gasteiger partial charge in [-0.25, -0.2) is 19.6 Å². The van der Waals surface area contributed by atoms with Gasteiger partial charge in [-0.05, 0) is 30.9 Å². The highest BCUT2D eigenvalue weighted by atomic mass is 32.1. The van der Waals surface area contributed by atoms with E-state index in [4.69, 9.17) is 9.47 Å². The van der Waals surface area contributed by atoms with Crippen molar-refractivity contribution >= 4 is 35.2 Å². The van der Waals surface area contributed by atoms with Gasteiger partial charge in [-0.1, -0.05) is 34.6 Å². The Bertz CT molecular complexity index is 1610. The van der Waals surface area contributed by atoms with Crippen LogP contribution in [0.25, 0.3) is 10.6 Å². The van der Waals surface area contributed by atoms with E-state index in [0.29, 0.717) is 25.6 Å². The molecule has 17 heteroatoms. The smallest absolute Gasteiger partial charge is 0.407 e. The van der Waals surface area contributed by atoms with Gasteiger partial charge < -0.3 is 50.2 Å². The topological polar surface area (TPSA) is 211 Å². The van der Waals surface area contributed by atoms with Crippen molar-refractivity contribution in [1.82, 2.24) is 41.2 Å². The van der Waals surface area contributed by atoms with Crippen molar-refractivity contribution in [2.24, 2.45) is 11.8 Å². The van der Waals surface area contributed by atoms with Gasteiger partial charge in [-0.15, -0.1) is 11.3 Å². The van der Waals surface area contributed by atoms with Crippen molar-refractivity contribution < 1.29 is 38.1 Å². The van der Waals surface area contributed by atoms with E-state index in [0.717, 1.165) is 27.0 Å². The molecule has 0 spiro atoms. The summed E-state index contributed by atoms with van der Waals surface area (Å²) in [7, 11) is 2.52. The summed E-state index contributed by atoms with van der Waals surface area (Å²) in [6.07, 6.45) is 1.64. The number of imidazole rings is 2. The number of carbonyl (C=O) groups is 4. The molecule has 6 atom stereocenters. The lowest BCUT2D eigenvalue weighted by atomic mass is 10.00. The lowest BCUT2D eigenvalue weighted by Crippen LogP contribution is -2.50. The molecule has 4 heterocycles. The third kappa shape index (κ3) is 10.6. The first kappa shape index (κ1) is 39.5. The van der Waals surface area contributed by atoms with Crippen molar-refractivity contribution in [3.63, 3.8) is 0 Å². The molecule has 1 aliphatic heterocycles. The Morgan fingerprint density at radius 2 is 1.49 bits per heavy atom. The van der Waals surface area contributed by atoms with E-state index < -0.39 is 24.3 Å². The van der Waals surface area contributed by atoms with E-state index in [1.807, 2.05) is 53.7 Å². The number of ketones is 1. The molecule has 0 bridgehead atoms. The molecule has 4 rings (SSSR count). The highest BCUT2D eigenvalue weighted by Gasteiger charge is 2.29. The molecule has 0 radical (unpaired) electrons. The molecule has 0 aliphatic carbocycles. The van der Waals surface area contributed by atoms with Crippen LogP contribution in [0.1, 0.15) is 87.9 Å². The number of alkyl carbamates (subject to hydrolysis) is 2. The van der Waals surface area contributed by atoms with Crippen LogP contribution in [0, 0.1) is 11.8 Å². The fourth-order valence-corrected chi connectivity index (χ4v) is 6.42. The van der Waals surface area contributed by atoms with Crippen LogP contribution in [-0.2, 0) is 28.5 Å². The van der Waals surface area contributed by atoms with E-state index in [-0.39, 0.29) is 54.2 Å². The summed E-state index contributed by atoms with van der Waals surface area (Å²) in [4.78, 5) is 66.5. The fraction of sp³-hybridized carbons (Fsp3) is 0.588. The molecule has 1 fully saturated rings. The zero-order chi connectivity index (χ0) is 37.2. The first-order chi connectivity index (χ1) is 24.3. The minimum Gasteiger partial charge on any atom is -0.453 e. The predicted octanol–water partition coefficient (Wildman–Crippen LogP) is 3.89. The highest BCUT2D eigenvalue weighted by molar-refractivity contribution is 7.15. The Morgan fingerprint density at radius 1 is 0.863 bits per heavy atom. The Morgan fingerprint density at radius 3 is 2.12 bits per heavy atom. The van der Waals surface area contributed by atoms with Crippen LogP contribution in [-0.4, -0.2) is 96.4 Å². The number of rotatable bonds is 16. The molecule has 0 aromatic carbocycles. The number of aromatic nitrogens is 4. The number of methoxy groups -OCH3 is 2. The molecule has 3 amide bonds. The third-order valence-corrected chi connectivity index (χ3v) is 9.80. The number of aromatic amines is 2. The second kappa shape index (κ2) is 18.3. The first-order valence-electron chi connectivity index (χ1n) is 17.0. The molecule has 2 unspecified atom stereocenters. The summed E-state index contributed by atoms with van der Waals surface area (Å²) in [5.74, 6) is 0.625. The zero-order valence-electron chi connectivity index (χ0n) is 30.3. The van der Waals surface area contributed by atoms with Gasteiger partial charge in [0.25, 0.3) is 0 Å². The maximum Gasteiger partial charge on any atom is 0.407 e. The van der Waals surface area contributed by atoms with E-state index in [9.17, 15) is 19.2 Å². The van der Waals surface area contributed by atoms with Crippen LogP contribution >= 0.6 is 11.3 Å². The van der Waals surface area contributed by atoms with Gasteiger partial charge in [-0.3, -0.25) is 9.59 Å². The van der Waals surface area contributed by atoms with E-state index >= 15 is 0 Å². The predicted molar refractivity (Wildman–Crippen MR) is 189 cm³/mol. The minimum atomic E-state index is -0.711. The molecular weight excluding hydrogens is 680 g/mol. The van der Waals surface area contributed by atoms with Gasteiger partial charge in [0.15, 0.2) is 5.78 Å². The van der Waals surface area contributed by atoms with E-state index in [1.165, 1.54) is 14.2 Å². The van der Waals surface area contributed by atoms with Crippen molar-refractivity contribution in [2.45, 2.75) is 77.8 Å². The van der Waals surface area contributed by atoms with Crippen molar-refractivity contribution in [1.29, 1.82) is 0 Å². The van der Waals surface area contributed by atoms with Crippen LogP contribution in [0.4, 0.5) is 9.59 Å². The SMILES string of the molecule is COC(=O)N[C@@H](C(=O)CN[C@H](C)c1ncc(C2COC(c3ccc(-c4cnc([C@H](C)CNC(=O)[C@H](NC(=O)OC)C(C)C)[nH]4)s3)CO2)[nH]1)C(C)C. The van der Waals surface area contributed by atoms with Crippen molar-refractivity contribution in [3.8, 4) is 10.6 Å². The maximum absolute atomic E-state index is 12.8. The number of hydrogen-bond donors (Lipinski definition) is 6. The van der Waals surface area contributed by atoms with Crippen molar-refractivity contribution in [2.75, 3.05) is 40.5 Å². The molecule has 0 saturated carbocycles. The average Bonchev–Trinajstić information content (AvgIpc) is 3.91. The normalized spacial score (nSPS) is 18.5. The standard InChI is InChI=1S/C34H50N8O8S/c1-17(2)28(41-33(45)47-7)23(43)14-35-20(6)31-37-12-21(39-31)24-15-50-25(16-49-24)27-10-9-26(51-27)22-13-36-30(40-22)19(5)11-38-32(44)29(18(3)4)42-34(46)48-8/h9-10,12-13,17-20,24-25,28-29,35H,11,14-16H2,1-8H3,(H,36,40)(H,37,39)(H,38,44)(H,41,45)(H,42,46)/t19-,20-,24?,25?,28-,29-/m1/s1. The van der Waals surface area contributed by atoms with Gasteiger partial charge in [0.2, 0.25) is 5.91 Å². The maximum atomic E-state index is 12.8. The summed E-state index contributed by atoms with van der Waals surface area (Å²) in [5, 5.41) is 11.2. The summed E-state index contributed by atoms with van der Waals surface area (Å²) >= 11 is 1.59. The first-order valence-corrected chi connectivity index (χ1v) is 17.8. The summed E-state index contributed by atoms with van der Waals surface area (Å²) in [6.45, 7) is 12.3. The summed E-state index contributed by atoms with van der Waals surface area (Å²) in [5.41, 5.74) is 1.63. The molecule has 6 N–H and O–H groups in total. The molecule has 1 saturated heterocycles. The Labute approximate surface area is 301 Å². The van der Waals surface area contributed by atoms with Gasteiger partial charge in [-0.2, -0.15) is 0 Å². The van der Waals surface area contributed by atoms with E-state index in [2.05, 4.69) is 50.7 Å². The van der Waals surface area contributed by atoms with E-state index in [1.54, 1.807) is 23.7 Å². The van der Waals surface area contributed by atoms with Gasteiger partial charge >= 0.3 is 12.2 Å². The highest BCUT2D eigenvalue weighted by Crippen LogP contribution is 2.36. The average molecular weight is 731 g/mol. The Kier molecular flexibility index (Phi) is 14.1. The van der Waals surface area contributed by atoms with Crippen LogP contribution in [0.15, 0.2) is 24.5 Å². The van der Waals surface area contributed by atoms with Gasteiger partial charge in [0.05, 0.1) is 74.7 Å². The molecule has 280 valence electrons. The number of thiophene rings is 1. The quantitative estimate of drug-likeness (QED) is 0.125. The molecule has 51 heavy (non-hydrogen) atoms. The number of amides is 3. The van der Waals surface area contributed by atoms with Crippen LogP contribution in [0.2, 0.25) is 0 Å². The molecule has 1 aliphatic rings. The number of nitrogens with one attached hydrogen (secondary N) is 6. The molecule has 3 aromatic rings. The Balaban J connectivity index is 1.25. The molecular formula is C34H50N8O8S. The summed E-state index contributed by atoms with van der Waals surface area (Å²) < 4.78 is 21.7. The van der Waals surface area contributed by atoms with Gasteiger partial charge in [0, 0.05) is 17.3 Å². The number of H-pyrrole nitrogens is 2. The number of ether oxygens (including phenoxy) is 4. The van der Waals surface area contributed by atoms with Crippen LogP contribution in [0.5, 0.6) is 0 Å². The van der Waals surface area contributed by atoms with Crippen LogP contribution < -0.4 is 21.3 Å². The lowest BCUT2D eigenvalue weighted by Gasteiger charge is -2.28. The number of nitrogens with zero attached hydrogens (tertiary/aromatic N) is 2. The third-order valence-electron chi connectivity index (χ3n) is 8.59. The van der Waals surface area contributed by atoms with Gasteiger partial charge in [0.1, 0.15) is 29.9 Å². The zero-order valence-corrected chi connectivity index (χ0v) is 31.1. The number of hydrogen-bond acceptors (Lipinski definition) is 12. The second-order valence-electron chi connectivity index (χ2n) is 13.2. The van der Waals surface area contributed by atoms with Crippen molar-refractivity contribution in [3.05, 3.63) is 46.7 Å². The fourth-order valence-electron chi connectivity index (χ4n) is 5.41. The molecule has 3 aromatic heterocycles. The minimum absolute atomic E-state index is 0.0468. The monoisotopic (exact) mass is 730 g/mol. The summed E-state index contributed by atoms with van der Waals surface area (Å²) in [6, 6.07) is 2.40. The number of Topliss-reactive ketones (excluding diaryl/α,β-unsaturated/α-hetero) is 1. The Hall–Kier alpha value is -4.32. The number of carbonyl (C=O) groups excluding carboxylic acids is 4.